The summed E-state index contributed by atoms with van der Waals surface area (Å²) in [6.07, 6.45) is 6.86. The lowest BCUT2D eigenvalue weighted by Gasteiger charge is -2.35. The molecule has 10 heteroatoms. The van der Waals surface area contributed by atoms with Crippen molar-refractivity contribution in [1.29, 1.82) is 0 Å². The van der Waals surface area contributed by atoms with E-state index in [2.05, 4.69) is 52.5 Å². The predicted octanol–water partition coefficient (Wildman–Crippen LogP) is 5.61. The molecule has 0 saturated carbocycles. The quantitative estimate of drug-likeness (QED) is 0.366. The van der Waals surface area contributed by atoms with E-state index >= 15 is 0 Å². The Bertz CT molecular complexity index is 1430. The Morgan fingerprint density at radius 2 is 2.18 bits per heavy atom. The summed E-state index contributed by atoms with van der Waals surface area (Å²) in [4.78, 5) is 40.6. The maximum Gasteiger partial charge on any atom is 0.331 e. The Labute approximate surface area is 226 Å². The molecule has 3 aromatic rings. The average Bonchev–Trinajstić information content (AvgIpc) is 3.27. The Hall–Kier alpha value is -3.92. The van der Waals surface area contributed by atoms with Crippen LogP contribution >= 0.6 is 11.3 Å². The van der Waals surface area contributed by atoms with Crippen LogP contribution in [0.25, 0.3) is 10.2 Å². The summed E-state index contributed by atoms with van der Waals surface area (Å²) < 4.78 is 5.75. The van der Waals surface area contributed by atoms with E-state index < -0.39 is 0 Å². The Morgan fingerprint density at radius 1 is 1.37 bits per heavy atom. The van der Waals surface area contributed by atoms with E-state index in [0.29, 0.717) is 51.7 Å². The number of carbonyl (C=O) groups is 2. The highest BCUT2D eigenvalue weighted by Gasteiger charge is 2.34. The number of urea groups is 1. The zero-order valence-electron chi connectivity index (χ0n) is 21.9. The van der Waals surface area contributed by atoms with Crippen molar-refractivity contribution in [3.05, 3.63) is 59.9 Å². The van der Waals surface area contributed by atoms with Gasteiger partial charge in [-0.05, 0) is 43.4 Å². The van der Waals surface area contributed by atoms with Crippen molar-refractivity contribution in [1.82, 2.24) is 20.2 Å². The molecule has 3 amide bonds. The molecule has 0 unspecified atom stereocenters. The van der Waals surface area contributed by atoms with Crippen LogP contribution in [0.5, 0.6) is 5.88 Å². The number of pyridine rings is 2. The minimum absolute atomic E-state index is 0.0289. The van der Waals surface area contributed by atoms with Gasteiger partial charge < -0.3 is 20.3 Å². The van der Waals surface area contributed by atoms with Gasteiger partial charge in [-0.1, -0.05) is 27.0 Å². The van der Waals surface area contributed by atoms with Crippen LogP contribution in [-0.4, -0.2) is 52.5 Å². The monoisotopic (exact) mass is 532 g/mol. The molecule has 0 spiro atoms. The van der Waals surface area contributed by atoms with Crippen LogP contribution < -0.4 is 20.3 Å². The third-order valence-corrected chi connectivity index (χ3v) is 7.81. The number of likely N-dealkylation sites (tertiary alicyclic amines) is 1. The van der Waals surface area contributed by atoms with E-state index in [1.54, 1.807) is 29.4 Å². The predicted molar refractivity (Wildman–Crippen MR) is 151 cm³/mol. The molecule has 0 radical (unpaired) electrons. The summed E-state index contributed by atoms with van der Waals surface area (Å²) in [7, 11) is 0. The maximum absolute atomic E-state index is 13.4. The first kappa shape index (κ1) is 25.7. The van der Waals surface area contributed by atoms with E-state index in [4.69, 9.17) is 4.74 Å². The maximum atomic E-state index is 13.4. The normalized spacial score (nSPS) is 16.9. The molecule has 1 fully saturated rings. The van der Waals surface area contributed by atoms with Gasteiger partial charge in [-0.3, -0.25) is 9.69 Å². The first-order chi connectivity index (χ1) is 18.3. The van der Waals surface area contributed by atoms with Crippen molar-refractivity contribution in [2.75, 3.05) is 29.9 Å². The lowest BCUT2D eigenvalue weighted by Crippen LogP contribution is -2.47. The molecule has 0 aliphatic carbocycles. The van der Waals surface area contributed by atoms with Gasteiger partial charge in [0.15, 0.2) is 0 Å². The van der Waals surface area contributed by atoms with Gasteiger partial charge in [-0.15, -0.1) is 11.3 Å². The number of anilines is 3. The first-order valence-corrected chi connectivity index (χ1v) is 13.6. The Morgan fingerprint density at radius 3 is 2.92 bits per heavy atom. The van der Waals surface area contributed by atoms with Crippen LogP contribution in [0.4, 0.5) is 21.9 Å². The van der Waals surface area contributed by atoms with Gasteiger partial charge in [0, 0.05) is 37.1 Å². The minimum Gasteiger partial charge on any atom is -0.477 e. The number of carbonyl (C=O) groups excluding carboxylic acids is 2. The van der Waals surface area contributed by atoms with Gasteiger partial charge >= 0.3 is 6.03 Å². The highest BCUT2D eigenvalue weighted by molar-refractivity contribution is 7.21. The van der Waals surface area contributed by atoms with Gasteiger partial charge in [0.2, 0.25) is 5.88 Å². The molecular weight excluding hydrogens is 500 g/mol. The van der Waals surface area contributed by atoms with Crippen molar-refractivity contribution in [2.45, 2.75) is 39.7 Å². The first-order valence-electron chi connectivity index (χ1n) is 12.8. The number of allylic oxidation sites excluding steroid dienone is 1. The largest absolute Gasteiger partial charge is 0.477 e. The van der Waals surface area contributed by atoms with Crippen LogP contribution in [0.15, 0.2) is 49.5 Å². The van der Waals surface area contributed by atoms with Gasteiger partial charge in [0.05, 0.1) is 35.3 Å². The lowest BCUT2D eigenvalue weighted by atomic mass is 10.0. The zero-order valence-corrected chi connectivity index (χ0v) is 22.7. The smallest absolute Gasteiger partial charge is 0.331 e. The summed E-state index contributed by atoms with van der Waals surface area (Å²) in [6.45, 7) is 16.0. The molecule has 5 rings (SSSR count). The van der Waals surface area contributed by atoms with Crippen LogP contribution in [0.2, 0.25) is 0 Å². The van der Waals surface area contributed by atoms with Crippen molar-refractivity contribution < 1.29 is 14.3 Å². The molecule has 2 aliphatic rings. The molecule has 0 aromatic carbocycles. The second-order valence-corrected chi connectivity index (χ2v) is 11.0. The van der Waals surface area contributed by atoms with E-state index in [1.165, 1.54) is 11.3 Å². The number of aryl methyl sites for hydroxylation is 1. The topological polar surface area (TPSA) is 99.7 Å². The second kappa shape index (κ2) is 10.4. The SMILES string of the molecule is C=CC(=C)N1CCC[C@@H](NC(=O)c2sc3nccc4c3c2NC(=O)N4c2cnc(OCC(C)C)cc2C)C1. The highest BCUT2D eigenvalue weighted by Crippen LogP contribution is 2.46. The fraction of sp³-hybridized carbons (Fsp3) is 0.357. The second-order valence-electron chi connectivity index (χ2n) is 10.0. The fourth-order valence-corrected chi connectivity index (χ4v) is 5.83. The number of nitrogens with zero attached hydrogens (tertiary/aromatic N) is 4. The number of nitrogens with one attached hydrogen (secondary N) is 2. The van der Waals surface area contributed by atoms with Crippen molar-refractivity contribution >= 4 is 50.6 Å². The summed E-state index contributed by atoms with van der Waals surface area (Å²) in [6, 6.07) is 3.24. The average molecular weight is 533 g/mol. The van der Waals surface area contributed by atoms with Crippen molar-refractivity contribution in [3.63, 3.8) is 0 Å². The lowest BCUT2D eigenvalue weighted by molar-refractivity contribution is 0.0920. The standard InChI is InChI=1S/C28H32N6O3S/c1-6-18(5)33-11-7-8-19(14-33)31-26(35)25-24-23-20(9-10-29-27(23)38-25)34(28(36)32-24)21-13-30-22(12-17(21)4)37-15-16(2)3/h6,9-10,12-13,16,19H,1,5,7-8,11,14-15H2,2-4H3,(H,31,35)(H,32,36)/t19-/m1/s1. The van der Waals surface area contributed by atoms with E-state index in [1.807, 2.05) is 13.0 Å². The fourth-order valence-electron chi connectivity index (χ4n) is 4.81. The summed E-state index contributed by atoms with van der Waals surface area (Å²) in [5, 5.41) is 6.85. The molecular formula is C28H32N6O3S. The van der Waals surface area contributed by atoms with Crippen molar-refractivity contribution in [2.24, 2.45) is 5.92 Å². The summed E-state index contributed by atoms with van der Waals surface area (Å²) >= 11 is 1.28. The number of hydrogen-bond acceptors (Lipinski definition) is 7. The number of aromatic nitrogens is 2. The molecule has 198 valence electrons. The van der Waals surface area contributed by atoms with E-state index in [0.717, 1.165) is 36.0 Å². The molecule has 0 bridgehead atoms. The number of amides is 3. The van der Waals surface area contributed by atoms with Crippen LogP contribution in [0, 0.1) is 12.8 Å². The number of ether oxygens (including phenoxy) is 1. The molecule has 1 saturated heterocycles. The Balaban J connectivity index is 1.44. The molecule has 5 heterocycles. The van der Waals surface area contributed by atoms with Crippen LogP contribution in [0.1, 0.15) is 41.9 Å². The van der Waals surface area contributed by atoms with Crippen LogP contribution in [-0.2, 0) is 0 Å². The van der Waals surface area contributed by atoms with Crippen molar-refractivity contribution in [3.8, 4) is 5.88 Å². The zero-order chi connectivity index (χ0) is 27.0. The van der Waals surface area contributed by atoms with Gasteiger partial charge in [-0.2, -0.15) is 0 Å². The number of rotatable bonds is 8. The third kappa shape index (κ3) is 4.83. The van der Waals surface area contributed by atoms with Crippen LogP contribution in [0.3, 0.4) is 0 Å². The number of hydrogen-bond donors (Lipinski definition) is 2. The highest BCUT2D eigenvalue weighted by atomic mass is 32.1. The Kier molecular flexibility index (Phi) is 7.07. The number of thiophene rings is 1. The van der Waals surface area contributed by atoms with Gasteiger partial charge in [0.1, 0.15) is 9.71 Å². The van der Waals surface area contributed by atoms with Gasteiger partial charge in [0.25, 0.3) is 5.91 Å². The minimum atomic E-state index is -0.357. The summed E-state index contributed by atoms with van der Waals surface area (Å²) in [5.74, 6) is 0.676. The molecule has 38 heavy (non-hydrogen) atoms. The summed E-state index contributed by atoms with van der Waals surface area (Å²) in [5.41, 5.74) is 3.50. The van der Waals surface area contributed by atoms with Gasteiger partial charge in [-0.25, -0.2) is 14.8 Å². The molecule has 2 N–H and O–H groups in total. The molecule has 1 atom stereocenters. The molecule has 9 nitrogen and oxygen atoms in total. The number of piperidine rings is 1. The molecule has 3 aromatic heterocycles. The van der Waals surface area contributed by atoms with E-state index in [-0.39, 0.29) is 18.0 Å². The third-order valence-electron chi connectivity index (χ3n) is 6.71. The molecule has 2 aliphatic heterocycles. The van der Waals surface area contributed by atoms with E-state index in [9.17, 15) is 9.59 Å².